The third-order valence-corrected chi connectivity index (χ3v) is 3.41. The number of aromatic nitrogens is 3. The molecule has 0 aliphatic heterocycles. The molecule has 110 valence electrons. The van der Waals surface area contributed by atoms with Crippen LogP contribution >= 0.6 is 0 Å². The number of aromatic amines is 1. The van der Waals surface area contributed by atoms with E-state index in [9.17, 15) is 0 Å². The van der Waals surface area contributed by atoms with Crippen molar-refractivity contribution in [3.05, 3.63) is 41.2 Å². The Morgan fingerprint density at radius 1 is 1.38 bits per heavy atom. The van der Waals surface area contributed by atoms with Gasteiger partial charge in [-0.1, -0.05) is 6.07 Å². The van der Waals surface area contributed by atoms with Gasteiger partial charge in [-0.3, -0.25) is 5.10 Å². The number of benzene rings is 1. The van der Waals surface area contributed by atoms with Crippen molar-refractivity contribution in [2.75, 3.05) is 19.0 Å². The number of aryl methyl sites for hydroxylation is 1. The van der Waals surface area contributed by atoms with Gasteiger partial charge in [0.25, 0.3) is 6.01 Å². The summed E-state index contributed by atoms with van der Waals surface area (Å²) in [5.74, 6) is 0. The van der Waals surface area contributed by atoms with Crippen molar-refractivity contribution in [1.82, 2.24) is 15.2 Å². The van der Waals surface area contributed by atoms with Crippen molar-refractivity contribution in [3.63, 3.8) is 0 Å². The number of nitrogens with one attached hydrogen (secondary N) is 2. The number of H-pyrrole nitrogens is 1. The van der Waals surface area contributed by atoms with Crippen LogP contribution < -0.4 is 5.32 Å². The second-order valence-electron chi connectivity index (χ2n) is 4.94. The molecule has 0 atom stereocenters. The number of fused-ring (bicyclic) bond motifs is 1. The Labute approximate surface area is 122 Å². The quantitative estimate of drug-likeness (QED) is 0.728. The molecule has 0 aliphatic rings. The Balaban J connectivity index is 1.73. The molecular formula is C15H18N4O2. The first-order chi connectivity index (χ1) is 10.3. The van der Waals surface area contributed by atoms with Gasteiger partial charge in [0.15, 0.2) is 5.58 Å². The zero-order chi connectivity index (χ0) is 14.7. The number of anilines is 1. The van der Waals surface area contributed by atoms with Crippen LogP contribution in [0, 0.1) is 6.92 Å². The number of rotatable bonds is 6. The summed E-state index contributed by atoms with van der Waals surface area (Å²) >= 11 is 0. The first-order valence-electron chi connectivity index (χ1n) is 6.87. The van der Waals surface area contributed by atoms with Crippen LogP contribution in [-0.2, 0) is 17.7 Å². The second kappa shape index (κ2) is 5.97. The van der Waals surface area contributed by atoms with Crippen LogP contribution in [0.2, 0.25) is 0 Å². The maximum Gasteiger partial charge on any atom is 0.295 e. The van der Waals surface area contributed by atoms with Crippen LogP contribution in [0.4, 0.5) is 6.01 Å². The summed E-state index contributed by atoms with van der Waals surface area (Å²) in [6.07, 6.45) is 2.67. The van der Waals surface area contributed by atoms with Crippen LogP contribution in [0.3, 0.4) is 0 Å². The van der Waals surface area contributed by atoms with Gasteiger partial charge in [0, 0.05) is 24.9 Å². The van der Waals surface area contributed by atoms with Gasteiger partial charge in [-0.2, -0.15) is 10.1 Å². The van der Waals surface area contributed by atoms with Gasteiger partial charge in [0.2, 0.25) is 0 Å². The molecule has 6 nitrogen and oxygen atoms in total. The maximum atomic E-state index is 5.68. The third-order valence-electron chi connectivity index (χ3n) is 3.41. The Morgan fingerprint density at radius 2 is 2.29 bits per heavy atom. The minimum absolute atomic E-state index is 0.523. The standard InChI is InChI=1S/C15H18N4O2/c1-10-12(9-17-19-10)8-16-15-18-13-7-11(5-6-20-2)3-4-14(13)21-15/h3-4,7,9H,5-6,8H2,1-2H3,(H,16,18)(H,17,19). The molecule has 2 heterocycles. The lowest BCUT2D eigenvalue weighted by Gasteiger charge is -1.99. The van der Waals surface area contributed by atoms with Crippen molar-refractivity contribution in [1.29, 1.82) is 0 Å². The van der Waals surface area contributed by atoms with Crippen LogP contribution in [0.25, 0.3) is 11.1 Å². The highest BCUT2D eigenvalue weighted by molar-refractivity contribution is 5.75. The van der Waals surface area contributed by atoms with Gasteiger partial charge < -0.3 is 14.5 Å². The number of hydrogen-bond donors (Lipinski definition) is 2. The highest BCUT2D eigenvalue weighted by Crippen LogP contribution is 2.21. The zero-order valence-electron chi connectivity index (χ0n) is 12.1. The molecule has 1 aromatic carbocycles. The highest BCUT2D eigenvalue weighted by Gasteiger charge is 2.07. The van der Waals surface area contributed by atoms with Crippen LogP contribution in [0.1, 0.15) is 16.8 Å². The fourth-order valence-corrected chi connectivity index (χ4v) is 2.15. The Kier molecular flexibility index (Phi) is 3.87. The third kappa shape index (κ3) is 3.05. The zero-order valence-corrected chi connectivity index (χ0v) is 12.1. The Bertz CT molecular complexity index is 732. The molecule has 21 heavy (non-hydrogen) atoms. The molecule has 0 fully saturated rings. The van der Waals surface area contributed by atoms with Gasteiger partial charge >= 0.3 is 0 Å². The molecule has 0 aliphatic carbocycles. The highest BCUT2D eigenvalue weighted by atomic mass is 16.5. The molecule has 3 aromatic rings. The molecule has 6 heteroatoms. The van der Waals surface area contributed by atoms with E-state index >= 15 is 0 Å². The molecule has 2 N–H and O–H groups in total. The predicted molar refractivity (Wildman–Crippen MR) is 80.2 cm³/mol. The van der Waals surface area contributed by atoms with Crippen molar-refractivity contribution in [2.45, 2.75) is 19.9 Å². The molecule has 0 saturated heterocycles. The lowest BCUT2D eigenvalue weighted by Crippen LogP contribution is -1.99. The minimum atomic E-state index is 0.523. The van der Waals surface area contributed by atoms with Crippen molar-refractivity contribution >= 4 is 17.1 Å². The van der Waals surface area contributed by atoms with Crippen molar-refractivity contribution in [3.8, 4) is 0 Å². The van der Waals surface area contributed by atoms with E-state index in [-0.39, 0.29) is 0 Å². The fourth-order valence-electron chi connectivity index (χ4n) is 2.15. The molecule has 0 radical (unpaired) electrons. The summed E-state index contributed by atoms with van der Waals surface area (Å²) in [5, 5.41) is 10.1. The van der Waals surface area contributed by atoms with E-state index in [2.05, 4.69) is 20.5 Å². The summed E-state index contributed by atoms with van der Waals surface area (Å²) < 4.78 is 10.8. The molecule has 0 bridgehead atoms. The molecule has 0 unspecified atom stereocenters. The average molecular weight is 286 g/mol. The van der Waals surface area contributed by atoms with Gasteiger partial charge in [-0.05, 0) is 31.0 Å². The van der Waals surface area contributed by atoms with E-state index in [4.69, 9.17) is 9.15 Å². The largest absolute Gasteiger partial charge is 0.424 e. The lowest BCUT2D eigenvalue weighted by molar-refractivity contribution is 0.202. The minimum Gasteiger partial charge on any atom is -0.424 e. The van der Waals surface area contributed by atoms with Gasteiger partial charge in [0.1, 0.15) is 5.52 Å². The fraction of sp³-hybridized carbons (Fsp3) is 0.333. The van der Waals surface area contributed by atoms with E-state index in [0.717, 1.165) is 28.8 Å². The van der Waals surface area contributed by atoms with Crippen LogP contribution in [0.5, 0.6) is 0 Å². The maximum absolute atomic E-state index is 5.68. The predicted octanol–water partition coefficient (Wildman–Crippen LogP) is 2.66. The smallest absolute Gasteiger partial charge is 0.295 e. The molecule has 0 saturated carbocycles. The van der Waals surface area contributed by atoms with Crippen molar-refractivity contribution in [2.24, 2.45) is 0 Å². The van der Waals surface area contributed by atoms with Gasteiger partial charge in [-0.25, -0.2) is 0 Å². The van der Waals surface area contributed by atoms with Crippen molar-refractivity contribution < 1.29 is 9.15 Å². The number of methoxy groups -OCH3 is 1. The topological polar surface area (TPSA) is 76.0 Å². The van der Waals surface area contributed by atoms with Crippen LogP contribution in [0.15, 0.2) is 28.8 Å². The summed E-state index contributed by atoms with van der Waals surface area (Å²) in [4.78, 5) is 4.46. The molecular weight excluding hydrogens is 268 g/mol. The lowest BCUT2D eigenvalue weighted by atomic mass is 10.1. The number of oxazole rings is 1. The monoisotopic (exact) mass is 286 g/mol. The van der Waals surface area contributed by atoms with Gasteiger partial charge in [-0.15, -0.1) is 0 Å². The molecule has 3 rings (SSSR count). The van der Waals surface area contributed by atoms with Crippen LogP contribution in [-0.4, -0.2) is 28.9 Å². The molecule has 2 aromatic heterocycles. The second-order valence-corrected chi connectivity index (χ2v) is 4.94. The summed E-state index contributed by atoms with van der Waals surface area (Å²) in [6.45, 7) is 3.32. The Hall–Kier alpha value is -2.34. The summed E-state index contributed by atoms with van der Waals surface area (Å²) in [5.41, 5.74) is 4.96. The molecule has 0 amide bonds. The van der Waals surface area contributed by atoms with E-state index in [0.29, 0.717) is 19.2 Å². The average Bonchev–Trinajstić information content (AvgIpc) is 3.08. The number of ether oxygens (including phenoxy) is 1. The SMILES string of the molecule is COCCc1ccc2oc(NCc3cn[nH]c3C)nc2c1. The summed E-state index contributed by atoms with van der Waals surface area (Å²) in [6, 6.07) is 6.54. The first-order valence-corrected chi connectivity index (χ1v) is 6.87. The van der Waals surface area contributed by atoms with E-state index < -0.39 is 0 Å². The number of nitrogens with zero attached hydrogens (tertiary/aromatic N) is 2. The normalized spacial score (nSPS) is 11.1. The van der Waals surface area contributed by atoms with Gasteiger partial charge in [0.05, 0.1) is 12.8 Å². The van der Waals surface area contributed by atoms with E-state index in [1.165, 1.54) is 5.56 Å². The first kappa shape index (κ1) is 13.6. The molecule has 0 spiro atoms. The summed E-state index contributed by atoms with van der Waals surface area (Å²) in [7, 11) is 1.70. The van der Waals surface area contributed by atoms with E-state index in [1.54, 1.807) is 13.3 Å². The Morgan fingerprint density at radius 3 is 3.05 bits per heavy atom. The van der Waals surface area contributed by atoms with E-state index in [1.807, 2.05) is 25.1 Å². The number of hydrogen-bond acceptors (Lipinski definition) is 5.